The van der Waals surface area contributed by atoms with Gasteiger partial charge in [0, 0.05) is 12.6 Å². The summed E-state index contributed by atoms with van der Waals surface area (Å²) in [5, 5.41) is 14.6. The van der Waals surface area contributed by atoms with E-state index in [1.54, 1.807) is 6.07 Å². The summed E-state index contributed by atoms with van der Waals surface area (Å²) in [6.45, 7) is 2.96. The Labute approximate surface area is 143 Å². The minimum Gasteiger partial charge on any atom is -0.494 e. The van der Waals surface area contributed by atoms with E-state index in [1.165, 1.54) is 32.4 Å². The summed E-state index contributed by atoms with van der Waals surface area (Å²) >= 11 is 0. The van der Waals surface area contributed by atoms with E-state index in [4.69, 9.17) is 4.74 Å². The third-order valence-electron chi connectivity index (χ3n) is 6.82. The summed E-state index contributed by atoms with van der Waals surface area (Å²) in [4.78, 5) is 0. The minimum absolute atomic E-state index is 0.225. The van der Waals surface area contributed by atoms with Gasteiger partial charge in [-0.15, -0.1) is 0 Å². The summed E-state index contributed by atoms with van der Waals surface area (Å²) in [5.74, 6) is 1.38. The Morgan fingerprint density at radius 2 is 2.00 bits per heavy atom. The van der Waals surface area contributed by atoms with Gasteiger partial charge in [-0.05, 0) is 80.4 Å². The molecule has 0 saturated heterocycles. The van der Waals surface area contributed by atoms with Crippen molar-refractivity contribution in [3.05, 3.63) is 29.6 Å². The number of aliphatic hydroxyl groups is 1. The van der Waals surface area contributed by atoms with Gasteiger partial charge in [-0.2, -0.15) is 0 Å². The molecule has 0 spiro atoms. The lowest BCUT2D eigenvalue weighted by atomic mass is 9.46. The zero-order valence-corrected chi connectivity index (χ0v) is 14.6. The van der Waals surface area contributed by atoms with Crippen molar-refractivity contribution >= 4 is 0 Å². The van der Waals surface area contributed by atoms with Crippen LogP contribution in [0, 0.1) is 23.1 Å². The Bertz CT molecular complexity index is 618. The van der Waals surface area contributed by atoms with E-state index in [-0.39, 0.29) is 11.2 Å². The molecule has 3 unspecified atom stereocenters. The molecule has 4 bridgehead atoms. The van der Waals surface area contributed by atoms with Crippen LogP contribution in [-0.4, -0.2) is 23.9 Å². The van der Waals surface area contributed by atoms with Crippen LogP contribution in [-0.2, 0) is 6.54 Å². The lowest BCUT2D eigenvalue weighted by Gasteiger charge is -2.62. The van der Waals surface area contributed by atoms with Gasteiger partial charge in [-0.1, -0.05) is 6.07 Å². The van der Waals surface area contributed by atoms with Gasteiger partial charge in [0.25, 0.3) is 0 Å². The smallest absolute Gasteiger partial charge is 0.165 e. The molecule has 4 aliphatic carbocycles. The van der Waals surface area contributed by atoms with Gasteiger partial charge in [0.15, 0.2) is 11.6 Å². The van der Waals surface area contributed by atoms with Crippen LogP contribution >= 0.6 is 0 Å². The van der Waals surface area contributed by atoms with Crippen LogP contribution in [0.4, 0.5) is 4.39 Å². The number of nitrogens with one attached hydrogen (secondary N) is 1. The molecule has 0 radical (unpaired) electrons. The second-order valence-electron chi connectivity index (χ2n) is 8.62. The maximum Gasteiger partial charge on any atom is 0.165 e. The summed E-state index contributed by atoms with van der Waals surface area (Å²) in [6.07, 6.45) is 6.75. The molecule has 2 N–H and O–H groups in total. The largest absolute Gasteiger partial charge is 0.494 e. The standard InChI is InChI=1S/C20H28FNO2/c1-13(22-11-14-3-4-17(21)18(6-14)24-2)19-7-15-5-16(8-19)10-20(23,9-15)12-19/h3-4,6,13,15-16,22-23H,5,7-12H2,1-2H3. The van der Waals surface area contributed by atoms with E-state index >= 15 is 0 Å². The third-order valence-corrected chi connectivity index (χ3v) is 6.82. The number of methoxy groups -OCH3 is 1. The van der Waals surface area contributed by atoms with Gasteiger partial charge in [-0.25, -0.2) is 4.39 Å². The fourth-order valence-electron chi connectivity index (χ4n) is 6.09. The number of hydrogen-bond acceptors (Lipinski definition) is 3. The molecule has 1 aromatic rings. The fourth-order valence-corrected chi connectivity index (χ4v) is 6.09. The summed E-state index contributed by atoms with van der Waals surface area (Å²) in [7, 11) is 1.49. The molecule has 24 heavy (non-hydrogen) atoms. The monoisotopic (exact) mass is 333 g/mol. The molecule has 1 aromatic carbocycles. The molecular formula is C20H28FNO2. The second-order valence-corrected chi connectivity index (χ2v) is 8.62. The number of halogens is 1. The lowest BCUT2D eigenvalue weighted by Crippen LogP contribution is -2.61. The molecule has 3 nitrogen and oxygen atoms in total. The van der Waals surface area contributed by atoms with Crippen molar-refractivity contribution in [2.24, 2.45) is 17.3 Å². The van der Waals surface area contributed by atoms with Crippen LogP contribution < -0.4 is 10.1 Å². The van der Waals surface area contributed by atoms with Crippen LogP contribution in [0.1, 0.15) is 51.0 Å². The molecule has 0 aliphatic heterocycles. The van der Waals surface area contributed by atoms with Gasteiger partial charge in [0.1, 0.15) is 0 Å². The van der Waals surface area contributed by atoms with Gasteiger partial charge in [0.2, 0.25) is 0 Å². The van der Waals surface area contributed by atoms with Crippen LogP contribution in [0.3, 0.4) is 0 Å². The predicted octanol–water partition coefficient (Wildman–Crippen LogP) is 3.64. The van der Waals surface area contributed by atoms with Gasteiger partial charge < -0.3 is 15.2 Å². The van der Waals surface area contributed by atoms with Crippen LogP contribution in [0.2, 0.25) is 0 Å². The normalized spacial score (nSPS) is 38.3. The van der Waals surface area contributed by atoms with E-state index in [0.29, 0.717) is 30.2 Å². The molecular weight excluding hydrogens is 305 g/mol. The second kappa shape index (κ2) is 5.70. The highest BCUT2D eigenvalue weighted by atomic mass is 19.1. The SMILES string of the molecule is COc1cc(CNC(C)C23CC4CC(CC(O)(C4)C2)C3)ccc1F. The average molecular weight is 333 g/mol. The third kappa shape index (κ3) is 2.74. The Kier molecular flexibility index (Phi) is 3.88. The summed E-state index contributed by atoms with van der Waals surface area (Å²) in [6, 6.07) is 5.40. The van der Waals surface area contributed by atoms with Crippen LogP contribution in [0.25, 0.3) is 0 Å². The zero-order valence-electron chi connectivity index (χ0n) is 14.6. The Morgan fingerprint density at radius 1 is 1.29 bits per heavy atom. The number of ether oxygens (including phenoxy) is 1. The summed E-state index contributed by atoms with van der Waals surface area (Å²) in [5.41, 5.74) is 0.839. The highest BCUT2D eigenvalue weighted by Gasteiger charge is 2.58. The number of hydrogen-bond donors (Lipinski definition) is 2. The fraction of sp³-hybridized carbons (Fsp3) is 0.700. The lowest BCUT2D eigenvalue weighted by molar-refractivity contribution is -0.172. The number of benzene rings is 1. The van der Waals surface area contributed by atoms with Crippen molar-refractivity contribution in [1.82, 2.24) is 5.32 Å². The first-order valence-corrected chi connectivity index (χ1v) is 9.20. The highest BCUT2D eigenvalue weighted by molar-refractivity contribution is 5.30. The first-order chi connectivity index (χ1) is 11.4. The molecule has 0 amide bonds. The first kappa shape index (κ1) is 16.3. The van der Waals surface area contributed by atoms with Crippen molar-refractivity contribution in [3.63, 3.8) is 0 Å². The predicted molar refractivity (Wildman–Crippen MR) is 91.3 cm³/mol. The zero-order chi connectivity index (χ0) is 16.9. The Hall–Kier alpha value is -1.13. The molecule has 4 heteroatoms. The maximum absolute atomic E-state index is 13.5. The Morgan fingerprint density at radius 3 is 2.62 bits per heavy atom. The first-order valence-electron chi connectivity index (χ1n) is 9.20. The van der Waals surface area contributed by atoms with E-state index in [9.17, 15) is 9.50 Å². The van der Waals surface area contributed by atoms with Crippen molar-refractivity contribution in [1.29, 1.82) is 0 Å². The van der Waals surface area contributed by atoms with Gasteiger partial charge >= 0.3 is 0 Å². The molecule has 5 rings (SSSR count). The van der Waals surface area contributed by atoms with Gasteiger partial charge in [-0.3, -0.25) is 0 Å². The molecule has 3 atom stereocenters. The number of rotatable bonds is 5. The van der Waals surface area contributed by atoms with E-state index in [1.807, 2.05) is 6.07 Å². The highest BCUT2D eigenvalue weighted by Crippen LogP contribution is 2.62. The van der Waals surface area contributed by atoms with E-state index in [0.717, 1.165) is 24.8 Å². The van der Waals surface area contributed by atoms with E-state index in [2.05, 4.69) is 12.2 Å². The topological polar surface area (TPSA) is 41.5 Å². The summed E-state index contributed by atoms with van der Waals surface area (Å²) < 4.78 is 18.6. The molecule has 0 heterocycles. The van der Waals surface area contributed by atoms with Crippen LogP contribution in [0.15, 0.2) is 18.2 Å². The van der Waals surface area contributed by atoms with Crippen molar-refractivity contribution in [3.8, 4) is 5.75 Å². The van der Waals surface area contributed by atoms with Crippen LogP contribution in [0.5, 0.6) is 5.75 Å². The van der Waals surface area contributed by atoms with Crippen molar-refractivity contribution in [2.75, 3.05) is 7.11 Å². The maximum atomic E-state index is 13.5. The van der Waals surface area contributed by atoms with Gasteiger partial charge in [0.05, 0.1) is 12.7 Å². The molecule has 4 fully saturated rings. The quantitative estimate of drug-likeness (QED) is 0.864. The molecule has 4 aliphatic rings. The van der Waals surface area contributed by atoms with Crippen molar-refractivity contribution < 1.29 is 14.2 Å². The van der Waals surface area contributed by atoms with Crippen molar-refractivity contribution in [2.45, 2.75) is 63.6 Å². The van der Waals surface area contributed by atoms with E-state index < -0.39 is 5.60 Å². The Balaban J connectivity index is 1.46. The average Bonchev–Trinajstić information content (AvgIpc) is 2.51. The molecule has 4 saturated carbocycles. The molecule has 132 valence electrons. The minimum atomic E-state index is -0.418. The molecule has 0 aromatic heterocycles.